The number of fused-ring (bicyclic) bond motifs is 2. The molecule has 6 heteroatoms. The van der Waals surface area contributed by atoms with Crippen LogP contribution in [0.3, 0.4) is 0 Å². The molecular formula is C25H27N3O3. The SMILES string of the molecule is CCn1c(=O)n(CC)c2cc(C(=O)C(C)n3c(=O)cc(C)c4cccc(C)c43)ccc21. The summed E-state index contributed by atoms with van der Waals surface area (Å²) in [5.74, 6) is -0.156. The molecule has 0 saturated heterocycles. The molecule has 6 nitrogen and oxygen atoms in total. The smallest absolute Gasteiger partial charge is 0.297 e. The predicted molar refractivity (Wildman–Crippen MR) is 124 cm³/mol. The summed E-state index contributed by atoms with van der Waals surface area (Å²) in [7, 11) is 0. The van der Waals surface area contributed by atoms with Crippen molar-refractivity contribution in [3.05, 3.63) is 80.0 Å². The molecule has 0 aliphatic heterocycles. The second-order valence-electron chi connectivity index (χ2n) is 8.02. The molecule has 0 aliphatic carbocycles. The van der Waals surface area contributed by atoms with Crippen LogP contribution in [0.15, 0.2) is 52.1 Å². The maximum Gasteiger partial charge on any atom is 0.329 e. The Labute approximate surface area is 180 Å². The Balaban J connectivity index is 1.89. The largest absolute Gasteiger partial charge is 0.329 e. The highest BCUT2D eigenvalue weighted by atomic mass is 16.2. The maximum atomic E-state index is 13.5. The fraction of sp³-hybridized carbons (Fsp3) is 0.320. The van der Waals surface area contributed by atoms with Gasteiger partial charge in [0.2, 0.25) is 0 Å². The summed E-state index contributed by atoms with van der Waals surface area (Å²) in [6, 6.07) is 12.2. The summed E-state index contributed by atoms with van der Waals surface area (Å²) < 4.78 is 4.98. The number of hydrogen-bond acceptors (Lipinski definition) is 3. The minimum absolute atomic E-state index is 0.0750. The second-order valence-corrected chi connectivity index (χ2v) is 8.02. The molecule has 1 unspecified atom stereocenters. The van der Waals surface area contributed by atoms with E-state index < -0.39 is 6.04 Å². The molecule has 0 fully saturated rings. The van der Waals surface area contributed by atoms with Gasteiger partial charge in [-0.1, -0.05) is 18.2 Å². The number of hydrogen-bond donors (Lipinski definition) is 0. The summed E-state index contributed by atoms with van der Waals surface area (Å²) in [6.45, 7) is 10.6. The zero-order valence-corrected chi connectivity index (χ0v) is 18.6. The normalized spacial score (nSPS) is 12.5. The van der Waals surface area contributed by atoms with Crippen molar-refractivity contribution in [3.8, 4) is 0 Å². The van der Waals surface area contributed by atoms with E-state index in [0.717, 1.165) is 33.1 Å². The highest BCUT2D eigenvalue weighted by Gasteiger charge is 2.23. The van der Waals surface area contributed by atoms with E-state index in [-0.39, 0.29) is 17.0 Å². The van der Waals surface area contributed by atoms with Crippen molar-refractivity contribution in [2.45, 2.75) is 53.8 Å². The second kappa shape index (κ2) is 7.69. The zero-order chi connectivity index (χ0) is 22.4. The minimum atomic E-state index is -0.677. The Morgan fingerprint density at radius 2 is 1.58 bits per heavy atom. The number of carbonyl (C=O) groups excluding carboxylic acids is 1. The lowest BCUT2D eigenvalue weighted by Gasteiger charge is -2.19. The molecule has 31 heavy (non-hydrogen) atoms. The van der Waals surface area contributed by atoms with Crippen LogP contribution in [0.5, 0.6) is 0 Å². The molecule has 0 aliphatic rings. The van der Waals surface area contributed by atoms with Crippen LogP contribution in [0.25, 0.3) is 21.9 Å². The number of carbonyl (C=O) groups is 1. The van der Waals surface area contributed by atoms with Gasteiger partial charge in [0.05, 0.1) is 22.6 Å². The lowest BCUT2D eigenvalue weighted by Crippen LogP contribution is -2.29. The van der Waals surface area contributed by atoms with E-state index in [4.69, 9.17) is 0 Å². The summed E-state index contributed by atoms with van der Waals surface area (Å²) in [5, 5.41) is 0.967. The van der Waals surface area contributed by atoms with Crippen molar-refractivity contribution in [2.75, 3.05) is 0 Å². The summed E-state index contributed by atoms with van der Waals surface area (Å²) in [6.07, 6.45) is 0. The summed E-state index contributed by atoms with van der Waals surface area (Å²) in [4.78, 5) is 39.1. The number of ketones is 1. The molecule has 0 saturated carbocycles. The van der Waals surface area contributed by atoms with Crippen LogP contribution < -0.4 is 11.2 Å². The van der Waals surface area contributed by atoms with Gasteiger partial charge >= 0.3 is 5.69 Å². The molecule has 160 valence electrons. The third-order valence-corrected chi connectivity index (χ3v) is 6.18. The zero-order valence-electron chi connectivity index (χ0n) is 18.6. The summed E-state index contributed by atoms with van der Waals surface area (Å²) >= 11 is 0. The number of imidazole rings is 1. The van der Waals surface area contributed by atoms with Gasteiger partial charge in [-0.2, -0.15) is 0 Å². The van der Waals surface area contributed by atoms with Crippen molar-refractivity contribution < 1.29 is 4.79 Å². The number of benzene rings is 2. The molecule has 0 radical (unpaired) electrons. The molecule has 2 aromatic heterocycles. The average molecular weight is 418 g/mol. The predicted octanol–water partition coefficient (Wildman–Crippen LogP) is 4.22. The molecule has 0 N–H and O–H groups in total. The van der Waals surface area contributed by atoms with Crippen molar-refractivity contribution in [1.82, 2.24) is 13.7 Å². The first-order valence-corrected chi connectivity index (χ1v) is 10.7. The molecule has 0 bridgehead atoms. The van der Waals surface area contributed by atoms with E-state index in [1.807, 2.05) is 52.0 Å². The van der Waals surface area contributed by atoms with Crippen LogP contribution in [0.1, 0.15) is 48.3 Å². The first-order valence-electron chi connectivity index (χ1n) is 10.7. The lowest BCUT2D eigenvalue weighted by atomic mass is 10.0. The number of Topliss-reactive ketones (excluding diaryl/α,β-unsaturated/α-hetero) is 1. The number of aromatic nitrogens is 3. The fourth-order valence-electron chi connectivity index (χ4n) is 4.57. The minimum Gasteiger partial charge on any atom is -0.297 e. The third-order valence-electron chi connectivity index (χ3n) is 6.18. The Morgan fingerprint density at radius 3 is 2.26 bits per heavy atom. The van der Waals surface area contributed by atoms with Gasteiger partial charge in [-0.25, -0.2) is 4.79 Å². The van der Waals surface area contributed by atoms with Crippen LogP contribution in [-0.2, 0) is 13.1 Å². The Hall–Kier alpha value is -3.41. The number of pyridine rings is 1. The van der Waals surface area contributed by atoms with Crippen LogP contribution >= 0.6 is 0 Å². The molecule has 0 amide bonds. The van der Waals surface area contributed by atoms with Crippen LogP contribution in [0.4, 0.5) is 0 Å². The van der Waals surface area contributed by atoms with Gasteiger partial charge in [-0.05, 0) is 63.9 Å². The van der Waals surface area contributed by atoms with Crippen LogP contribution in [0.2, 0.25) is 0 Å². The lowest BCUT2D eigenvalue weighted by molar-refractivity contribution is 0.0935. The molecule has 4 aromatic rings. The fourth-order valence-corrected chi connectivity index (χ4v) is 4.57. The molecule has 0 spiro atoms. The number of nitrogens with zero attached hydrogens (tertiary/aromatic N) is 3. The highest BCUT2D eigenvalue weighted by molar-refractivity contribution is 6.02. The van der Waals surface area contributed by atoms with E-state index >= 15 is 0 Å². The van der Waals surface area contributed by atoms with Crippen LogP contribution in [0, 0.1) is 13.8 Å². The van der Waals surface area contributed by atoms with E-state index in [2.05, 4.69) is 0 Å². The molecule has 2 heterocycles. The van der Waals surface area contributed by atoms with Crippen LogP contribution in [-0.4, -0.2) is 19.5 Å². The van der Waals surface area contributed by atoms with E-state index in [0.29, 0.717) is 18.7 Å². The Kier molecular flexibility index (Phi) is 5.17. The van der Waals surface area contributed by atoms with Crippen molar-refractivity contribution >= 4 is 27.7 Å². The Bertz CT molecular complexity index is 1450. The number of aryl methyl sites for hydroxylation is 4. The average Bonchev–Trinajstić information content (AvgIpc) is 3.03. The van der Waals surface area contributed by atoms with Gasteiger partial charge in [0.1, 0.15) is 0 Å². The third kappa shape index (κ3) is 3.14. The highest BCUT2D eigenvalue weighted by Crippen LogP contribution is 2.25. The van der Waals surface area contributed by atoms with Gasteiger partial charge in [-0.3, -0.25) is 23.3 Å². The topological polar surface area (TPSA) is 66.0 Å². The quantitative estimate of drug-likeness (QED) is 0.457. The Morgan fingerprint density at radius 1 is 0.903 bits per heavy atom. The number of rotatable bonds is 5. The molecule has 4 rings (SSSR count). The summed E-state index contributed by atoms with van der Waals surface area (Å²) in [5.41, 5.74) is 4.42. The van der Waals surface area contributed by atoms with Gasteiger partial charge in [-0.15, -0.1) is 0 Å². The van der Waals surface area contributed by atoms with Gasteiger partial charge in [0.15, 0.2) is 5.78 Å². The maximum absolute atomic E-state index is 13.5. The van der Waals surface area contributed by atoms with Crippen molar-refractivity contribution in [3.63, 3.8) is 0 Å². The molecule has 1 atom stereocenters. The molecular weight excluding hydrogens is 390 g/mol. The van der Waals surface area contributed by atoms with Gasteiger partial charge < -0.3 is 0 Å². The van der Waals surface area contributed by atoms with Gasteiger partial charge in [0, 0.05) is 30.1 Å². The first-order chi connectivity index (χ1) is 14.8. The standard InChI is InChI=1S/C25H27N3O3/c1-6-26-20-12-11-18(14-21(20)27(7-2)25(26)31)24(30)17(5)28-22(29)13-16(4)19-10-8-9-15(3)23(19)28/h8-14,17H,6-7H2,1-5H3. The molecule has 2 aromatic carbocycles. The monoisotopic (exact) mass is 417 g/mol. The number of para-hydroxylation sites is 1. The van der Waals surface area contributed by atoms with E-state index in [9.17, 15) is 14.4 Å². The van der Waals surface area contributed by atoms with Crippen molar-refractivity contribution in [2.24, 2.45) is 0 Å². The van der Waals surface area contributed by atoms with E-state index in [1.165, 1.54) is 0 Å². The first kappa shape index (κ1) is 20.8. The van der Waals surface area contributed by atoms with Gasteiger partial charge in [0.25, 0.3) is 5.56 Å². The van der Waals surface area contributed by atoms with E-state index in [1.54, 1.807) is 38.8 Å². The van der Waals surface area contributed by atoms with Crippen molar-refractivity contribution in [1.29, 1.82) is 0 Å².